The topological polar surface area (TPSA) is 35.6 Å². The summed E-state index contributed by atoms with van der Waals surface area (Å²) in [7, 11) is 0. The van der Waals surface area contributed by atoms with Crippen LogP contribution in [0.5, 0.6) is 0 Å². The summed E-state index contributed by atoms with van der Waals surface area (Å²) in [5.41, 5.74) is 1.05. The van der Waals surface area contributed by atoms with Crippen molar-refractivity contribution in [3.63, 3.8) is 0 Å². The molecule has 0 bridgehead atoms. The van der Waals surface area contributed by atoms with E-state index < -0.39 is 0 Å². The van der Waals surface area contributed by atoms with E-state index in [1.54, 1.807) is 0 Å². The van der Waals surface area contributed by atoms with Gasteiger partial charge in [-0.3, -0.25) is 9.69 Å². The van der Waals surface area contributed by atoms with Crippen LogP contribution >= 0.6 is 0 Å². The van der Waals surface area contributed by atoms with Gasteiger partial charge in [0.2, 0.25) is 5.91 Å². The van der Waals surface area contributed by atoms with Gasteiger partial charge >= 0.3 is 0 Å². The van der Waals surface area contributed by atoms with Gasteiger partial charge in [0.25, 0.3) is 0 Å². The highest BCUT2D eigenvalue weighted by Gasteiger charge is 2.28. The van der Waals surface area contributed by atoms with Crippen molar-refractivity contribution in [2.45, 2.75) is 39.2 Å². The predicted octanol–water partition coefficient (Wildman–Crippen LogP) is 2.89. The highest BCUT2D eigenvalue weighted by molar-refractivity contribution is 5.78. The monoisotopic (exact) mass is 347 g/mol. The molecule has 3 rings (SSSR count). The standard InChI is InChI=1S/C20H30FN3O/c1-15-4-3-5-19(16(15)2)22-20(25)14-23-10-12-24(13-11-23)18-8-6-17(21)7-9-18/h6-9,15-16,19H,3-5,10-14H2,1-2H3,(H,22,25)/t15-,16+,19-/m0/s1. The molecule has 1 aliphatic carbocycles. The van der Waals surface area contributed by atoms with Crippen molar-refractivity contribution in [3.05, 3.63) is 30.1 Å². The Bertz CT molecular complexity index is 569. The first-order chi connectivity index (χ1) is 12.0. The minimum Gasteiger partial charge on any atom is -0.369 e. The van der Waals surface area contributed by atoms with Crippen LogP contribution in [0.15, 0.2) is 24.3 Å². The number of amides is 1. The fourth-order valence-corrected chi connectivity index (χ4v) is 4.06. The lowest BCUT2D eigenvalue weighted by Crippen LogP contribution is -2.52. The van der Waals surface area contributed by atoms with Crippen LogP contribution in [0, 0.1) is 17.7 Å². The third kappa shape index (κ3) is 4.72. The molecule has 1 saturated heterocycles. The smallest absolute Gasteiger partial charge is 0.234 e. The van der Waals surface area contributed by atoms with Gasteiger partial charge in [0.1, 0.15) is 5.82 Å². The first-order valence-corrected chi connectivity index (χ1v) is 9.55. The molecule has 1 N–H and O–H groups in total. The zero-order valence-electron chi connectivity index (χ0n) is 15.4. The van der Waals surface area contributed by atoms with Gasteiger partial charge in [0.05, 0.1) is 6.54 Å². The molecular formula is C20H30FN3O. The second-order valence-electron chi connectivity index (χ2n) is 7.68. The van der Waals surface area contributed by atoms with Gasteiger partial charge in [-0.15, -0.1) is 0 Å². The van der Waals surface area contributed by atoms with Crippen LogP contribution in [0.25, 0.3) is 0 Å². The summed E-state index contributed by atoms with van der Waals surface area (Å²) >= 11 is 0. The Morgan fingerprint density at radius 1 is 1.12 bits per heavy atom. The third-order valence-electron chi connectivity index (χ3n) is 5.98. The largest absolute Gasteiger partial charge is 0.369 e. The highest BCUT2D eigenvalue weighted by atomic mass is 19.1. The van der Waals surface area contributed by atoms with E-state index in [2.05, 4.69) is 29.0 Å². The molecule has 1 aromatic carbocycles. The summed E-state index contributed by atoms with van der Waals surface area (Å²) in [5, 5.41) is 3.26. The highest BCUT2D eigenvalue weighted by Crippen LogP contribution is 2.29. The summed E-state index contributed by atoms with van der Waals surface area (Å²) in [5.74, 6) is 1.21. The molecule has 0 spiro atoms. The van der Waals surface area contributed by atoms with Gasteiger partial charge in [0.15, 0.2) is 0 Å². The molecule has 0 unspecified atom stereocenters. The van der Waals surface area contributed by atoms with E-state index in [0.29, 0.717) is 24.4 Å². The Kier molecular flexibility index (Phi) is 5.94. The van der Waals surface area contributed by atoms with Crippen molar-refractivity contribution in [2.24, 2.45) is 11.8 Å². The van der Waals surface area contributed by atoms with Gasteiger partial charge in [-0.05, 0) is 42.5 Å². The normalized spacial score (nSPS) is 28.0. The van der Waals surface area contributed by atoms with Crippen molar-refractivity contribution in [1.82, 2.24) is 10.2 Å². The molecule has 1 aromatic rings. The van der Waals surface area contributed by atoms with Gasteiger partial charge in [-0.2, -0.15) is 0 Å². The molecule has 0 aromatic heterocycles. The average molecular weight is 347 g/mol. The number of nitrogens with one attached hydrogen (secondary N) is 1. The van der Waals surface area contributed by atoms with Crippen LogP contribution < -0.4 is 10.2 Å². The molecule has 3 atom stereocenters. The van der Waals surface area contributed by atoms with Crippen molar-refractivity contribution >= 4 is 11.6 Å². The molecule has 1 saturated carbocycles. The molecule has 1 aliphatic heterocycles. The molecule has 4 nitrogen and oxygen atoms in total. The molecule has 138 valence electrons. The van der Waals surface area contributed by atoms with Crippen LogP contribution in [0.2, 0.25) is 0 Å². The lowest BCUT2D eigenvalue weighted by molar-refractivity contribution is -0.123. The zero-order valence-corrected chi connectivity index (χ0v) is 15.4. The molecule has 2 fully saturated rings. The summed E-state index contributed by atoms with van der Waals surface area (Å²) in [4.78, 5) is 16.9. The van der Waals surface area contributed by atoms with E-state index >= 15 is 0 Å². The van der Waals surface area contributed by atoms with Crippen LogP contribution in [0.4, 0.5) is 10.1 Å². The Morgan fingerprint density at radius 2 is 1.80 bits per heavy atom. The number of hydrogen-bond acceptors (Lipinski definition) is 3. The number of nitrogens with zero attached hydrogens (tertiary/aromatic N) is 2. The number of carbonyl (C=O) groups excluding carboxylic acids is 1. The van der Waals surface area contributed by atoms with Crippen LogP contribution in [-0.2, 0) is 4.79 Å². The maximum absolute atomic E-state index is 13.0. The number of carbonyl (C=O) groups is 1. The second-order valence-corrected chi connectivity index (χ2v) is 7.68. The Balaban J connectivity index is 1.44. The van der Waals surface area contributed by atoms with E-state index in [1.807, 2.05) is 12.1 Å². The molecule has 25 heavy (non-hydrogen) atoms. The van der Waals surface area contributed by atoms with E-state index in [-0.39, 0.29) is 11.7 Å². The number of benzene rings is 1. The zero-order chi connectivity index (χ0) is 17.8. The first-order valence-electron chi connectivity index (χ1n) is 9.55. The lowest BCUT2D eigenvalue weighted by atomic mass is 9.78. The fraction of sp³-hybridized carbons (Fsp3) is 0.650. The van der Waals surface area contributed by atoms with Crippen molar-refractivity contribution < 1.29 is 9.18 Å². The summed E-state index contributed by atoms with van der Waals surface area (Å²) in [6, 6.07) is 6.98. The summed E-state index contributed by atoms with van der Waals surface area (Å²) in [6.45, 7) is 8.50. The minimum absolute atomic E-state index is 0.154. The SMILES string of the molecule is C[C@H]1[C@@H](NC(=O)CN2CCN(c3ccc(F)cc3)CC2)CCC[C@@H]1C. The first kappa shape index (κ1) is 18.2. The number of rotatable bonds is 4. The van der Waals surface area contributed by atoms with Gasteiger partial charge in [0, 0.05) is 37.9 Å². The lowest BCUT2D eigenvalue weighted by Gasteiger charge is -2.37. The molecule has 0 radical (unpaired) electrons. The van der Waals surface area contributed by atoms with E-state index in [0.717, 1.165) is 38.3 Å². The van der Waals surface area contributed by atoms with Crippen molar-refractivity contribution in [1.29, 1.82) is 0 Å². The molecule has 2 aliphatic rings. The maximum Gasteiger partial charge on any atom is 0.234 e. The number of halogens is 1. The predicted molar refractivity (Wildman–Crippen MR) is 99.2 cm³/mol. The minimum atomic E-state index is -0.203. The summed E-state index contributed by atoms with van der Waals surface area (Å²) in [6.07, 6.45) is 3.60. The quantitative estimate of drug-likeness (QED) is 0.910. The fourth-order valence-electron chi connectivity index (χ4n) is 4.06. The maximum atomic E-state index is 13.0. The molecule has 1 heterocycles. The van der Waals surface area contributed by atoms with E-state index in [4.69, 9.17) is 0 Å². The van der Waals surface area contributed by atoms with E-state index in [9.17, 15) is 9.18 Å². The second kappa shape index (κ2) is 8.17. The average Bonchev–Trinajstić information content (AvgIpc) is 2.60. The third-order valence-corrected chi connectivity index (χ3v) is 5.98. The number of anilines is 1. The summed E-state index contributed by atoms with van der Waals surface area (Å²) < 4.78 is 13.0. The molecular weight excluding hydrogens is 317 g/mol. The van der Waals surface area contributed by atoms with Gasteiger partial charge < -0.3 is 10.2 Å². The van der Waals surface area contributed by atoms with Gasteiger partial charge in [-0.25, -0.2) is 4.39 Å². The van der Waals surface area contributed by atoms with E-state index in [1.165, 1.54) is 25.0 Å². The Hall–Kier alpha value is -1.62. The Labute approximate surface area is 150 Å². The van der Waals surface area contributed by atoms with Crippen LogP contribution in [0.1, 0.15) is 33.1 Å². The van der Waals surface area contributed by atoms with Crippen LogP contribution in [-0.4, -0.2) is 49.6 Å². The van der Waals surface area contributed by atoms with Crippen molar-refractivity contribution in [3.8, 4) is 0 Å². The number of hydrogen-bond donors (Lipinski definition) is 1. The Morgan fingerprint density at radius 3 is 2.48 bits per heavy atom. The number of piperazine rings is 1. The van der Waals surface area contributed by atoms with Crippen molar-refractivity contribution in [2.75, 3.05) is 37.6 Å². The van der Waals surface area contributed by atoms with Gasteiger partial charge in [-0.1, -0.05) is 26.7 Å². The molecule has 5 heteroatoms. The van der Waals surface area contributed by atoms with Crippen LogP contribution in [0.3, 0.4) is 0 Å². The molecule has 1 amide bonds.